The number of fused-ring (bicyclic) bond motifs is 1. The van der Waals surface area contributed by atoms with Gasteiger partial charge in [0, 0.05) is 19.0 Å². The van der Waals surface area contributed by atoms with E-state index in [1.54, 1.807) is 34.9 Å². The molecule has 1 aromatic heterocycles. The van der Waals surface area contributed by atoms with E-state index in [9.17, 15) is 13.2 Å². The first-order valence-electron chi connectivity index (χ1n) is 10.8. The van der Waals surface area contributed by atoms with Crippen LogP contribution in [0.2, 0.25) is 0 Å². The predicted molar refractivity (Wildman–Crippen MR) is 128 cm³/mol. The number of sulfonamides is 1. The van der Waals surface area contributed by atoms with Crippen LogP contribution in [-0.4, -0.2) is 60.3 Å². The van der Waals surface area contributed by atoms with Crippen LogP contribution in [0.3, 0.4) is 0 Å². The first-order chi connectivity index (χ1) is 15.5. The molecule has 170 valence electrons. The maximum atomic E-state index is 13.4. The highest BCUT2D eigenvalue weighted by Gasteiger charge is 2.33. The van der Waals surface area contributed by atoms with Crippen molar-refractivity contribution in [2.24, 2.45) is 0 Å². The summed E-state index contributed by atoms with van der Waals surface area (Å²) in [5.74, 6) is 1.51. The van der Waals surface area contributed by atoms with Gasteiger partial charge in [0.15, 0.2) is 0 Å². The van der Waals surface area contributed by atoms with Crippen molar-refractivity contribution in [3.05, 3.63) is 60.4 Å². The number of hydrogen-bond donors (Lipinski definition) is 2. The molecule has 3 aromatic rings. The van der Waals surface area contributed by atoms with Crippen molar-refractivity contribution in [2.75, 3.05) is 25.1 Å². The molecule has 1 amide bonds. The maximum absolute atomic E-state index is 13.4. The van der Waals surface area contributed by atoms with Crippen molar-refractivity contribution in [1.82, 2.24) is 19.6 Å². The van der Waals surface area contributed by atoms with Gasteiger partial charge in [0.2, 0.25) is 15.9 Å². The normalized spacial score (nSPS) is 18.0. The number of likely N-dealkylation sites (tertiary alicyclic amines) is 1. The molecule has 32 heavy (non-hydrogen) atoms. The Hall–Kier alpha value is -2.36. The van der Waals surface area contributed by atoms with Gasteiger partial charge in [-0.05, 0) is 55.5 Å². The Morgan fingerprint density at radius 1 is 1.22 bits per heavy atom. The third-order valence-corrected chi connectivity index (χ3v) is 7.92. The highest BCUT2D eigenvalue weighted by Crippen LogP contribution is 2.27. The molecule has 4 rings (SSSR count). The fraction of sp³-hybridized carbons (Fsp3) is 0.391. The minimum absolute atomic E-state index is 0.104. The lowest BCUT2D eigenvalue weighted by molar-refractivity contribution is -0.134. The molecule has 1 aliphatic rings. The van der Waals surface area contributed by atoms with Crippen molar-refractivity contribution in [1.29, 1.82) is 0 Å². The number of thioether (sulfide) groups is 1. The zero-order valence-electron chi connectivity index (χ0n) is 18.0. The largest absolute Gasteiger partial charge is 0.342 e. The molecule has 0 unspecified atom stereocenters. The molecule has 1 saturated heterocycles. The van der Waals surface area contributed by atoms with Gasteiger partial charge in [-0.15, -0.1) is 0 Å². The summed E-state index contributed by atoms with van der Waals surface area (Å²) in [7, 11) is -3.78. The van der Waals surface area contributed by atoms with Gasteiger partial charge < -0.3 is 9.88 Å². The quantitative estimate of drug-likeness (QED) is 0.524. The summed E-state index contributed by atoms with van der Waals surface area (Å²) in [6, 6.07) is 15.3. The lowest BCUT2D eigenvalue weighted by Gasteiger charge is -2.34. The molecular formula is C23H28N4O3S2. The number of carbonyl (C=O) groups excluding carboxylic acids is 1. The second-order valence-electron chi connectivity index (χ2n) is 8.03. The second-order valence-corrected chi connectivity index (χ2v) is 10.7. The minimum atomic E-state index is -3.78. The predicted octanol–water partition coefficient (Wildman–Crippen LogP) is 3.37. The number of nitrogens with zero attached hydrogens (tertiary/aromatic N) is 2. The number of benzene rings is 2. The molecule has 0 bridgehead atoms. The SMILES string of the molecule is CSCC[C@H](NS(=O)(=O)c1ccccc1)C(=O)N1CCC[C@@H](c2nc3ccccc3[nH]2)C1. The molecule has 0 aliphatic carbocycles. The van der Waals surface area contributed by atoms with E-state index in [0.717, 1.165) is 29.7 Å². The van der Waals surface area contributed by atoms with Crippen LogP contribution < -0.4 is 4.72 Å². The van der Waals surface area contributed by atoms with Gasteiger partial charge in [-0.2, -0.15) is 16.5 Å². The Labute approximate surface area is 193 Å². The van der Waals surface area contributed by atoms with Gasteiger partial charge >= 0.3 is 0 Å². The van der Waals surface area contributed by atoms with Gasteiger partial charge in [-0.1, -0.05) is 30.3 Å². The number of para-hydroxylation sites is 2. The number of aromatic nitrogens is 2. The lowest BCUT2D eigenvalue weighted by atomic mass is 9.96. The van der Waals surface area contributed by atoms with E-state index in [0.29, 0.717) is 25.3 Å². The van der Waals surface area contributed by atoms with Gasteiger partial charge in [-0.3, -0.25) is 4.79 Å². The Morgan fingerprint density at radius 3 is 2.72 bits per heavy atom. The summed E-state index contributed by atoms with van der Waals surface area (Å²) in [6.07, 6.45) is 4.19. The molecule has 2 N–H and O–H groups in total. The molecule has 0 saturated carbocycles. The Kier molecular flexibility index (Phi) is 7.17. The Balaban J connectivity index is 1.51. The first-order valence-corrected chi connectivity index (χ1v) is 13.7. The second kappa shape index (κ2) is 10.1. The summed E-state index contributed by atoms with van der Waals surface area (Å²) in [4.78, 5) is 23.5. The standard InChI is InChI=1S/C23H28N4O3S2/c1-31-15-13-21(26-32(29,30)18-9-3-2-4-10-18)23(28)27-14-7-8-17(16-27)22-24-19-11-5-6-12-20(19)25-22/h2-6,9-12,17,21,26H,7-8,13-16H2,1H3,(H,24,25)/t17-,21+/m1/s1. The van der Waals surface area contributed by atoms with E-state index >= 15 is 0 Å². The van der Waals surface area contributed by atoms with Crippen LogP contribution in [-0.2, 0) is 14.8 Å². The zero-order valence-corrected chi connectivity index (χ0v) is 19.7. The number of hydrogen-bond acceptors (Lipinski definition) is 5. The number of carbonyl (C=O) groups is 1. The number of imidazole rings is 1. The van der Waals surface area contributed by atoms with Crippen LogP contribution >= 0.6 is 11.8 Å². The average Bonchev–Trinajstić information content (AvgIpc) is 3.26. The molecule has 0 radical (unpaired) electrons. The van der Waals surface area contributed by atoms with Crippen LogP contribution in [0.1, 0.15) is 31.0 Å². The first kappa shape index (κ1) is 22.8. The molecule has 9 heteroatoms. The fourth-order valence-electron chi connectivity index (χ4n) is 4.11. The summed E-state index contributed by atoms with van der Waals surface area (Å²) in [6.45, 7) is 1.15. The van der Waals surface area contributed by atoms with Gasteiger partial charge in [0.05, 0.1) is 15.9 Å². The lowest BCUT2D eigenvalue weighted by Crippen LogP contribution is -2.51. The molecule has 0 spiro atoms. The van der Waals surface area contributed by atoms with E-state index in [1.807, 2.05) is 30.5 Å². The van der Waals surface area contributed by atoms with E-state index < -0.39 is 16.1 Å². The third kappa shape index (κ3) is 5.16. The molecule has 7 nitrogen and oxygen atoms in total. The van der Waals surface area contributed by atoms with Crippen LogP contribution in [0, 0.1) is 0 Å². The van der Waals surface area contributed by atoms with Crippen LogP contribution in [0.4, 0.5) is 0 Å². The van der Waals surface area contributed by atoms with E-state index in [4.69, 9.17) is 4.98 Å². The highest BCUT2D eigenvalue weighted by atomic mass is 32.2. The Morgan fingerprint density at radius 2 is 1.97 bits per heavy atom. The molecule has 1 fully saturated rings. The van der Waals surface area contributed by atoms with Crippen molar-refractivity contribution in [2.45, 2.75) is 36.1 Å². The topological polar surface area (TPSA) is 95.2 Å². The van der Waals surface area contributed by atoms with Crippen LogP contribution in [0.15, 0.2) is 59.5 Å². The highest BCUT2D eigenvalue weighted by molar-refractivity contribution is 7.98. The number of nitrogens with one attached hydrogen (secondary N) is 2. The number of piperidine rings is 1. The van der Waals surface area contributed by atoms with Crippen molar-refractivity contribution >= 4 is 38.7 Å². The smallest absolute Gasteiger partial charge is 0.241 e. The van der Waals surface area contributed by atoms with Gasteiger partial charge in [-0.25, -0.2) is 13.4 Å². The van der Waals surface area contributed by atoms with Crippen molar-refractivity contribution in [3.8, 4) is 0 Å². The molecule has 2 aromatic carbocycles. The number of amides is 1. The van der Waals surface area contributed by atoms with E-state index in [2.05, 4.69) is 9.71 Å². The van der Waals surface area contributed by atoms with Gasteiger partial charge in [0.1, 0.15) is 11.9 Å². The zero-order chi connectivity index (χ0) is 22.6. The fourth-order valence-corrected chi connectivity index (χ4v) is 5.83. The molecular weight excluding hydrogens is 444 g/mol. The molecule has 2 atom stereocenters. The molecule has 2 heterocycles. The summed E-state index contributed by atoms with van der Waals surface area (Å²) in [5.41, 5.74) is 1.90. The van der Waals surface area contributed by atoms with E-state index in [-0.39, 0.29) is 16.7 Å². The number of H-pyrrole nitrogens is 1. The maximum Gasteiger partial charge on any atom is 0.241 e. The monoisotopic (exact) mass is 472 g/mol. The van der Waals surface area contributed by atoms with E-state index in [1.165, 1.54) is 12.1 Å². The van der Waals surface area contributed by atoms with Crippen LogP contribution in [0.25, 0.3) is 11.0 Å². The van der Waals surface area contributed by atoms with Crippen molar-refractivity contribution in [3.63, 3.8) is 0 Å². The summed E-state index contributed by atoms with van der Waals surface area (Å²) in [5, 5.41) is 0. The number of rotatable bonds is 8. The minimum Gasteiger partial charge on any atom is -0.342 e. The number of aromatic amines is 1. The Bertz CT molecular complexity index is 1130. The average molecular weight is 473 g/mol. The van der Waals surface area contributed by atoms with Gasteiger partial charge in [0.25, 0.3) is 0 Å². The van der Waals surface area contributed by atoms with Crippen LogP contribution in [0.5, 0.6) is 0 Å². The third-order valence-electron chi connectivity index (χ3n) is 5.79. The summed E-state index contributed by atoms with van der Waals surface area (Å²) >= 11 is 1.60. The summed E-state index contributed by atoms with van der Waals surface area (Å²) < 4.78 is 28.4. The van der Waals surface area contributed by atoms with Crippen molar-refractivity contribution < 1.29 is 13.2 Å². The molecule has 1 aliphatic heterocycles.